The highest BCUT2D eigenvalue weighted by Gasteiger charge is 2.28. The van der Waals surface area contributed by atoms with Crippen LogP contribution in [-0.4, -0.2) is 41.1 Å². The summed E-state index contributed by atoms with van der Waals surface area (Å²) < 4.78 is 0. The number of halogens is 1. The van der Waals surface area contributed by atoms with Crippen molar-refractivity contribution < 1.29 is 0 Å². The topological polar surface area (TPSA) is 45.2 Å². The summed E-state index contributed by atoms with van der Waals surface area (Å²) in [5.41, 5.74) is 0. The molecule has 0 bridgehead atoms. The Morgan fingerprint density at radius 1 is 0.955 bits per heavy atom. The van der Waals surface area contributed by atoms with Gasteiger partial charge in [0, 0.05) is 44.4 Å². The number of rotatable bonds is 3. The summed E-state index contributed by atoms with van der Waals surface area (Å²) in [5.74, 6) is 3.44. The van der Waals surface area contributed by atoms with E-state index in [1.54, 1.807) is 0 Å². The van der Waals surface area contributed by atoms with E-state index in [1.807, 2.05) is 24.4 Å². The molecule has 114 valence electrons. The Kier molecular flexibility index (Phi) is 3.58. The van der Waals surface area contributed by atoms with E-state index in [-0.39, 0.29) is 0 Å². The summed E-state index contributed by atoms with van der Waals surface area (Å²) in [6, 6.07) is 7.91. The van der Waals surface area contributed by atoms with Crippen LogP contribution < -0.4 is 9.80 Å². The van der Waals surface area contributed by atoms with Gasteiger partial charge in [0.1, 0.15) is 22.6 Å². The summed E-state index contributed by atoms with van der Waals surface area (Å²) in [5, 5.41) is 0.555. The summed E-state index contributed by atoms with van der Waals surface area (Å²) in [6.45, 7) is 3.73. The molecule has 1 aliphatic heterocycles. The fraction of sp³-hybridized carbons (Fsp3) is 0.438. The first-order valence-electron chi connectivity index (χ1n) is 7.75. The fourth-order valence-corrected chi connectivity index (χ4v) is 3.00. The van der Waals surface area contributed by atoms with Gasteiger partial charge in [0.15, 0.2) is 0 Å². The Morgan fingerprint density at radius 2 is 1.68 bits per heavy atom. The molecule has 22 heavy (non-hydrogen) atoms. The fourth-order valence-electron chi connectivity index (χ4n) is 2.81. The Hall–Kier alpha value is -1.88. The van der Waals surface area contributed by atoms with Gasteiger partial charge in [-0.25, -0.2) is 15.0 Å². The van der Waals surface area contributed by atoms with Gasteiger partial charge in [-0.15, -0.1) is 0 Å². The van der Waals surface area contributed by atoms with Crippen LogP contribution in [0.15, 0.2) is 30.5 Å². The molecule has 2 aromatic rings. The number of hydrogen-bond donors (Lipinski definition) is 0. The van der Waals surface area contributed by atoms with E-state index in [1.165, 1.54) is 12.8 Å². The van der Waals surface area contributed by atoms with Crippen LogP contribution in [-0.2, 0) is 0 Å². The molecule has 1 saturated carbocycles. The van der Waals surface area contributed by atoms with E-state index in [4.69, 9.17) is 16.6 Å². The third-order valence-corrected chi connectivity index (χ3v) is 4.41. The molecule has 1 aliphatic carbocycles. The van der Waals surface area contributed by atoms with Gasteiger partial charge in [-0.2, -0.15) is 0 Å². The van der Waals surface area contributed by atoms with Crippen molar-refractivity contribution in [3.05, 3.63) is 41.4 Å². The molecular weight excluding hydrogens is 298 g/mol. The Morgan fingerprint density at radius 3 is 2.32 bits per heavy atom. The quantitative estimate of drug-likeness (QED) is 0.815. The second-order valence-electron chi connectivity index (χ2n) is 5.84. The van der Waals surface area contributed by atoms with Gasteiger partial charge in [-0.1, -0.05) is 17.7 Å². The van der Waals surface area contributed by atoms with Crippen LogP contribution in [0.3, 0.4) is 0 Å². The lowest BCUT2D eigenvalue weighted by Crippen LogP contribution is -2.47. The summed E-state index contributed by atoms with van der Waals surface area (Å²) in [7, 11) is 0. The third-order valence-electron chi connectivity index (χ3n) is 4.22. The Bertz CT molecular complexity index is 651. The van der Waals surface area contributed by atoms with Crippen molar-refractivity contribution in [3.63, 3.8) is 0 Å². The molecule has 3 heterocycles. The van der Waals surface area contributed by atoms with Crippen LogP contribution in [0.25, 0.3) is 0 Å². The van der Waals surface area contributed by atoms with Crippen LogP contribution in [0, 0.1) is 0 Å². The van der Waals surface area contributed by atoms with Crippen LogP contribution >= 0.6 is 11.6 Å². The van der Waals surface area contributed by atoms with Crippen molar-refractivity contribution in [3.8, 4) is 0 Å². The van der Waals surface area contributed by atoms with Gasteiger partial charge in [0.2, 0.25) is 0 Å². The maximum absolute atomic E-state index is 6.17. The third kappa shape index (κ3) is 2.86. The molecule has 0 unspecified atom stereocenters. The highest BCUT2D eigenvalue weighted by molar-refractivity contribution is 6.29. The average Bonchev–Trinajstić information content (AvgIpc) is 3.40. The molecule has 0 atom stereocenters. The number of pyridine rings is 1. The zero-order chi connectivity index (χ0) is 14.9. The van der Waals surface area contributed by atoms with Crippen molar-refractivity contribution in [1.29, 1.82) is 0 Å². The van der Waals surface area contributed by atoms with Crippen molar-refractivity contribution in [2.75, 3.05) is 36.0 Å². The van der Waals surface area contributed by atoms with E-state index in [9.17, 15) is 0 Å². The van der Waals surface area contributed by atoms with Crippen LogP contribution in [0.4, 0.5) is 11.6 Å². The largest absolute Gasteiger partial charge is 0.353 e. The van der Waals surface area contributed by atoms with Gasteiger partial charge in [-0.05, 0) is 25.0 Å². The monoisotopic (exact) mass is 315 g/mol. The molecule has 5 nitrogen and oxygen atoms in total. The second kappa shape index (κ2) is 5.72. The van der Waals surface area contributed by atoms with Crippen LogP contribution in [0.5, 0.6) is 0 Å². The number of hydrogen-bond acceptors (Lipinski definition) is 5. The van der Waals surface area contributed by atoms with Crippen molar-refractivity contribution in [1.82, 2.24) is 15.0 Å². The first-order chi connectivity index (χ1) is 10.8. The second-order valence-corrected chi connectivity index (χ2v) is 6.23. The lowest BCUT2D eigenvalue weighted by atomic mass is 10.3. The molecule has 0 amide bonds. The molecular formula is C16H18ClN5. The summed E-state index contributed by atoms with van der Waals surface area (Å²) in [6.07, 6.45) is 4.22. The molecule has 4 rings (SSSR count). The van der Waals surface area contributed by atoms with Crippen molar-refractivity contribution in [2.24, 2.45) is 0 Å². The highest BCUT2D eigenvalue weighted by Crippen LogP contribution is 2.39. The molecule has 2 aliphatic rings. The summed E-state index contributed by atoms with van der Waals surface area (Å²) >= 11 is 6.17. The zero-order valence-corrected chi connectivity index (χ0v) is 13.1. The van der Waals surface area contributed by atoms with E-state index >= 15 is 0 Å². The molecule has 0 N–H and O–H groups in total. The SMILES string of the molecule is Clc1cc(N2CCN(c3ccccn3)CC2)nc(C2CC2)n1. The average molecular weight is 316 g/mol. The minimum Gasteiger partial charge on any atom is -0.353 e. The molecule has 2 fully saturated rings. The maximum Gasteiger partial charge on any atom is 0.135 e. The van der Waals surface area contributed by atoms with Gasteiger partial charge in [-0.3, -0.25) is 0 Å². The lowest BCUT2D eigenvalue weighted by molar-refractivity contribution is 0.639. The summed E-state index contributed by atoms with van der Waals surface area (Å²) in [4.78, 5) is 18.1. The number of piperazine rings is 1. The molecule has 1 saturated heterocycles. The van der Waals surface area contributed by atoms with Gasteiger partial charge in [0.25, 0.3) is 0 Å². The van der Waals surface area contributed by atoms with E-state index in [2.05, 4.69) is 25.8 Å². The van der Waals surface area contributed by atoms with Crippen LogP contribution in [0.1, 0.15) is 24.6 Å². The van der Waals surface area contributed by atoms with Crippen molar-refractivity contribution >= 4 is 23.2 Å². The molecule has 0 radical (unpaired) electrons. The zero-order valence-electron chi connectivity index (χ0n) is 12.3. The first kappa shape index (κ1) is 13.8. The van der Waals surface area contributed by atoms with E-state index < -0.39 is 0 Å². The standard InChI is InChI=1S/C16H18ClN5/c17-13-11-15(20-16(19-13)12-4-5-12)22-9-7-21(8-10-22)14-3-1-2-6-18-14/h1-3,6,11-12H,4-5,7-10H2. The molecule has 0 spiro atoms. The number of nitrogens with zero attached hydrogens (tertiary/aromatic N) is 5. The van der Waals surface area contributed by atoms with E-state index in [0.29, 0.717) is 11.1 Å². The van der Waals surface area contributed by atoms with E-state index in [0.717, 1.165) is 43.6 Å². The first-order valence-corrected chi connectivity index (χ1v) is 8.13. The van der Waals surface area contributed by atoms with Gasteiger partial charge < -0.3 is 9.80 Å². The maximum atomic E-state index is 6.17. The minimum atomic E-state index is 0.521. The van der Waals surface area contributed by atoms with Crippen LogP contribution in [0.2, 0.25) is 5.15 Å². The lowest BCUT2D eigenvalue weighted by Gasteiger charge is -2.36. The molecule has 6 heteroatoms. The Labute approximate surface area is 135 Å². The Balaban J connectivity index is 1.47. The number of anilines is 2. The van der Waals surface area contributed by atoms with Gasteiger partial charge >= 0.3 is 0 Å². The smallest absolute Gasteiger partial charge is 0.135 e. The van der Waals surface area contributed by atoms with Gasteiger partial charge in [0.05, 0.1) is 0 Å². The van der Waals surface area contributed by atoms with Crippen molar-refractivity contribution in [2.45, 2.75) is 18.8 Å². The molecule has 2 aromatic heterocycles. The predicted octanol–water partition coefficient (Wildman–Crippen LogP) is 2.73. The molecule has 0 aromatic carbocycles. The number of aromatic nitrogens is 3. The highest BCUT2D eigenvalue weighted by atomic mass is 35.5. The predicted molar refractivity (Wildman–Crippen MR) is 87.7 cm³/mol. The normalized spacial score (nSPS) is 18.6. The minimum absolute atomic E-state index is 0.521.